The molecule has 0 spiro atoms. The van der Waals surface area contributed by atoms with Crippen molar-refractivity contribution < 1.29 is 0 Å². The smallest absolute Gasteiger partial charge is 0.0334 e. The monoisotopic (exact) mass is 294 g/mol. The van der Waals surface area contributed by atoms with Crippen LogP contribution in [-0.4, -0.2) is 29.6 Å². The SMILES string of the molecule is CC(C)CCN(C1CC1)C1(CN)CCCC(C(C)C)CC1. The number of hydrogen-bond acceptors (Lipinski definition) is 2. The molecule has 2 atom stereocenters. The van der Waals surface area contributed by atoms with Gasteiger partial charge >= 0.3 is 0 Å². The van der Waals surface area contributed by atoms with Crippen LogP contribution in [0.3, 0.4) is 0 Å². The molecule has 2 aliphatic rings. The number of hydrogen-bond donors (Lipinski definition) is 1. The van der Waals surface area contributed by atoms with Crippen molar-refractivity contribution in [3.05, 3.63) is 0 Å². The van der Waals surface area contributed by atoms with Gasteiger partial charge in [0.05, 0.1) is 0 Å². The molecule has 0 aliphatic heterocycles. The molecule has 2 aliphatic carbocycles. The predicted molar refractivity (Wildman–Crippen MR) is 92.4 cm³/mol. The largest absolute Gasteiger partial charge is 0.329 e. The maximum absolute atomic E-state index is 6.36. The Kier molecular flexibility index (Phi) is 6.14. The van der Waals surface area contributed by atoms with Crippen LogP contribution < -0.4 is 5.73 Å². The van der Waals surface area contributed by atoms with E-state index in [1.165, 1.54) is 57.9 Å². The first-order valence-electron chi connectivity index (χ1n) is 9.45. The van der Waals surface area contributed by atoms with Gasteiger partial charge in [-0.15, -0.1) is 0 Å². The molecule has 0 bridgehead atoms. The molecule has 0 saturated heterocycles. The summed E-state index contributed by atoms with van der Waals surface area (Å²) in [5.74, 6) is 2.56. The molecule has 2 unspecified atom stereocenters. The number of nitrogens with zero attached hydrogens (tertiary/aromatic N) is 1. The molecule has 0 aromatic carbocycles. The van der Waals surface area contributed by atoms with Crippen LogP contribution in [0.1, 0.15) is 79.1 Å². The molecule has 2 heteroatoms. The molecule has 0 aromatic rings. The number of rotatable bonds is 7. The Hall–Kier alpha value is -0.0800. The zero-order valence-electron chi connectivity index (χ0n) is 14.9. The molecule has 2 saturated carbocycles. The highest BCUT2D eigenvalue weighted by Crippen LogP contribution is 2.42. The Morgan fingerprint density at radius 2 is 1.76 bits per heavy atom. The first-order chi connectivity index (χ1) is 9.98. The summed E-state index contributed by atoms with van der Waals surface area (Å²) in [5, 5.41) is 0. The van der Waals surface area contributed by atoms with Gasteiger partial charge in [0.1, 0.15) is 0 Å². The van der Waals surface area contributed by atoms with Gasteiger partial charge < -0.3 is 5.73 Å². The van der Waals surface area contributed by atoms with Crippen LogP contribution in [0.4, 0.5) is 0 Å². The fraction of sp³-hybridized carbons (Fsp3) is 1.00. The van der Waals surface area contributed by atoms with E-state index in [1.54, 1.807) is 0 Å². The molecule has 0 aromatic heterocycles. The third-order valence-electron chi connectivity index (χ3n) is 6.06. The quantitative estimate of drug-likeness (QED) is 0.704. The van der Waals surface area contributed by atoms with E-state index in [-0.39, 0.29) is 0 Å². The standard InChI is InChI=1S/C19H38N2/c1-15(2)10-13-21(18-7-8-18)19(14-20)11-5-6-17(9-12-19)16(3)4/h15-18H,5-14,20H2,1-4H3. The summed E-state index contributed by atoms with van der Waals surface area (Å²) in [5.41, 5.74) is 6.68. The van der Waals surface area contributed by atoms with Crippen LogP contribution >= 0.6 is 0 Å². The molecule has 0 radical (unpaired) electrons. The Bertz CT molecular complexity index is 309. The van der Waals surface area contributed by atoms with Gasteiger partial charge in [0.25, 0.3) is 0 Å². The summed E-state index contributed by atoms with van der Waals surface area (Å²) < 4.78 is 0. The average Bonchev–Trinajstić information content (AvgIpc) is 3.25. The van der Waals surface area contributed by atoms with Crippen molar-refractivity contribution >= 4 is 0 Å². The molecular weight excluding hydrogens is 256 g/mol. The molecule has 2 nitrogen and oxygen atoms in total. The van der Waals surface area contributed by atoms with Crippen LogP contribution in [0.5, 0.6) is 0 Å². The van der Waals surface area contributed by atoms with E-state index in [0.717, 1.165) is 30.3 Å². The first kappa shape index (κ1) is 17.3. The normalized spacial score (nSPS) is 31.1. The summed E-state index contributed by atoms with van der Waals surface area (Å²) in [6, 6.07) is 0.850. The lowest BCUT2D eigenvalue weighted by molar-refractivity contribution is 0.0628. The summed E-state index contributed by atoms with van der Waals surface area (Å²) in [7, 11) is 0. The van der Waals surface area contributed by atoms with E-state index in [4.69, 9.17) is 5.73 Å². The fourth-order valence-electron chi connectivity index (χ4n) is 4.28. The minimum absolute atomic E-state index is 0.319. The van der Waals surface area contributed by atoms with Crippen molar-refractivity contribution in [2.45, 2.75) is 90.6 Å². The van der Waals surface area contributed by atoms with Crippen molar-refractivity contribution in [1.29, 1.82) is 0 Å². The van der Waals surface area contributed by atoms with E-state index in [9.17, 15) is 0 Å². The third-order valence-corrected chi connectivity index (χ3v) is 6.06. The lowest BCUT2D eigenvalue weighted by atomic mass is 9.85. The van der Waals surface area contributed by atoms with Gasteiger partial charge in [-0.3, -0.25) is 4.90 Å². The van der Waals surface area contributed by atoms with Crippen molar-refractivity contribution in [3.8, 4) is 0 Å². The second-order valence-electron chi connectivity index (χ2n) is 8.47. The lowest BCUT2D eigenvalue weighted by Crippen LogP contribution is -2.55. The van der Waals surface area contributed by atoms with Gasteiger partial charge in [0, 0.05) is 18.1 Å². The molecule has 0 heterocycles. The maximum Gasteiger partial charge on any atom is 0.0334 e. The third kappa shape index (κ3) is 4.45. The molecule has 2 N–H and O–H groups in total. The van der Waals surface area contributed by atoms with Gasteiger partial charge in [-0.05, 0) is 62.8 Å². The molecule has 0 amide bonds. The minimum atomic E-state index is 0.319. The van der Waals surface area contributed by atoms with Crippen LogP contribution in [0.2, 0.25) is 0 Å². The van der Waals surface area contributed by atoms with E-state index in [2.05, 4.69) is 32.6 Å². The lowest BCUT2D eigenvalue weighted by Gasteiger charge is -2.44. The summed E-state index contributed by atoms with van der Waals surface area (Å²) in [6.45, 7) is 11.6. The summed E-state index contributed by atoms with van der Waals surface area (Å²) in [4.78, 5) is 2.86. The van der Waals surface area contributed by atoms with Crippen LogP contribution in [0.15, 0.2) is 0 Å². The topological polar surface area (TPSA) is 29.3 Å². The minimum Gasteiger partial charge on any atom is -0.329 e. The molecule has 124 valence electrons. The molecule has 2 rings (SSSR count). The predicted octanol–water partition coefficient (Wildman–Crippen LogP) is 4.43. The van der Waals surface area contributed by atoms with E-state index >= 15 is 0 Å². The molecule has 2 fully saturated rings. The van der Waals surface area contributed by atoms with Gasteiger partial charge in [-0.1, -0.05) is 40.5 Å². The summed E-state index contributed by atoms with van der Waals surface area (Å²) >= 11 is 0. The Balaban J connectivity index is 2.06. The summed E-state index contributed by atoms with van der Waals surface area (Å²) in [6.07, 6.45) is 11.0. The van der Waals surface area contributed by atoms with E-state index < -0.39 is 0 Å². The molecular formula is C19H38N2. The Morgan fingerprint density at radius 1 is 1.05 bits per heavy atom. The van der Waals surface area contributed by atoms with E-state index in [1.807, 2.05) is 0 Å². The Labute approximate surface area is 132 Å². The van der Waals surface area contributed by atoms with Crippen molar-refractivity contribution in [3.63, 3.8) is 0 Å². The average molecular weight is 295 g/mol. The zero-order valence-corrected chi connectivity index (χ0v) is 14.9. The van der Waals surface area contributed by atoms with Gasteiger partial charge in [-0.25, -0.2) is 0 Å². The maximum atomic E-state index is 6.36. The second kappa shape index (κ2) is 7.46. The molecule has 21 heavy (non-hydrogen) atoms. The number of nitrogens with two attached hydrogens (primary N) is 1. The highest BCUT2D eigenvalue weighted by atomic mass is 15.3. The van der Waals surface area contributed by atoms with Gasteiger partial charge in [-0.2, -0.15) is 0 Å². The second-order valence-corrected chi connectivity index (χ2v) is 8.47. The highest BCUT2D eigenvalue weighted by Gasteiger charge is 2.44. The van der Waals surface area contributed by atoms with Crippen LogP contribution in [0.25, 0.3) is 0 Å². The van der Waals surface area contributed by atoms with Crippen LogP contribution in [0, 0.1) is 17.8 Å². The van der Waals surface area contributed by atoms with Crippen LogP contribution in [-0.2, 0) is 0 Å². The van der Waals surface area contributed by atoms with Crippen molar-refractivity contribution in [1.82, 2.24) is 4.90 Å². The highest BCUT2D eigenvalue weighted by molar-refractivity contribution is 5.00. The van der Waals surface area contributed by atoms with Gasteiger partial charge in [0.2, 0.25) is 0 Å². The van der Waals surface area contributed by atoms with Crippen molar-refractivity contribution in [2.24, 2.45) is 23.5 Å². The fourth-order valence-corrected chi connectivity index (χ4v) is 4.28. The van der Waals surface area contributed by atoms with E-state index in [0.29, 0.717) is 5.54 Å². The first-order valence-corrected chi connectivity index (χ1v) is 9.45. The zero-order chi connectivity index (χ0) is 15.5. The Morgan fingerprint density at radius 3 is 2.29 bits per heavy atom. The van der Waals surface area contributed by atoms with Gasteiger partial charge in [0.15, 0.2) is 0 Å². The van der Waals surface area contributed by atoms with Crippen molar-refractivity contribution in [2.75, 3.05) is 13.1 Å².